The van der Waals surface area contributed by atoms with Gasteiger partial charge in [0.1, 0.15) is 0 Å². The van der Waals surface area contributed by atoms with E-state index in [1.54, 1.807) is 0 Å². The summed E-state index contributed by atoms with van der Waals surface area (Å²) >= 11 is 0. The van der Waals surface area contributed by atoms with Crippen molar-refractivity contribution in [1.82, 2.24) is 0 Å². The summed E-state index contributed by atoms with van der Waals surface area (Å²) in [5, 5.41) is 0. The molecule has 88 valence electrons. The standard InChI is InChI=1S/C7H14O6P2/c1-14(8)10-3-7(4-11-14)5-12-15(2,9)13-6-7/h3-6H2,1-2H3. The largest absolute Gasteiger partial charge is 0.327 e. The smallest absolute Gasteiger partial charge is 0.308 e. The molecule has 0 radical (unpaired) electrons. The van der Waals surface area contributed by atoms with Gasteiger partial charge in [0.15, 0.2) is 0 Å². The molecule has 0 aliphatic carbocycles. The van der Waals surface area contributed by atoms with Gasteiger partial charge in [-0.05, 0) is 0 Å². The van der Waals surface area contributed by atoms with E-state index in [1.807, 2.05) is 0 Å². The van der Waals surface area contributed by atoms with Crippen LogP contribution in [0, 0.1) is 5.41 Å². The predicted molar refractivity (Wildman–Crippen MR) is 53.3 cm³/mol. The number of hydrogen-bond acceptors (Lipinski definition) is 6. The molecule has 0 atom stereocenters. The van der Waals surface area contributed by atoms with Crippen molar-refractivity contribution in [1.29, 1.82) is 0 Å². The van der Waals surface area contributed by atoms with E-state index in [2.05, 4.69) is 0 Å². The maximum absolute atomic E-state index is 11.4. The normalized spacial score (nSPS) is 51.9. The van der Waals surface area contributed by atoms with Gasteiger partial charge in [0, 0.05) is 13.3 Å². The van der Waals surface area contributed by atoms with Crippen LogP contribution in [0.5, 0.6) is 0 Å². The summed E-state index contributed by atoms with van der Waals surface area (Å²) in [4.78, 5) is 0. The summed E-state index contributed by atoms with van der Waals surface area (Å²) in [7, 11) is -5.78. The minimum Gasteiger partial charge on any atom is -0.308 e. The molecule has 1 spiro atoms. The highest BCUT2D eigenvalue weighted by atomic mass is 31.2. The van der Waals surface area contributed by atoms with Gasteiger partial charge in [-0.2, -0.15) is 0 Å². The third-order valence-corrected chi connectivity index (χ3v) is 4.81. The third kappa shape index (κ3) is 2.70. The Morgan fingerprint density at radius 2 is 1.07 bits per heavy atom. The molecule has 2 heterocycles. The highest BCUT2D eigenvalue weighted by molar-refractivity contribution is 7.53. The summed E-state index contributed by atoms with van der Waals surface area (Å²) in [6.45, 7) is 3.85. The highest BCUT2D eigenvalue weighted by Crippen LogP contribution is 2.56. The van der Waals surface area contributed by atoms with E-state index in [1.165, 1.54) is 13.3 Å². The van der Waals surface area contributed by atoms with E-state index in [0.29, 0.717) is 0 Å². The molecular formula is C7H14O6P2. The van der Waals surface area contributed by atoms with Crippen molar-refractivity contribution in [3.63, 3.8) is 0 Å². The van der Waals surface area contributed by atoms with Crippen LogP contribution in [0.1, 0.15) is 0 Å². The van der Waals surface area contributed by atoms with Crippen LogP contribution in [0.2, 0.25) is 0 Å². The van der Waals surface area contributed by atoms with Gasteiger partial charge in [-0.1, -0.05) is 0 Å². The molecule has 0 aromatic heterocycles. The van der Waals surface area contributed by atoms with Crippen LogP contribution in [0.3, 0.4) is 0 Å². The second-order valence-corrected chi connectivity index (χ2v) is 8.25. The molecule has 15 heavy (non-hydrogen) atoms. The van der Waals surface area contributed by atoms with Crippen LogP contribution < -0.4 is 0 Å². The Kier molecular flexibility index (Phi) is 2.87. The summed E-state index contributed by atoms with van der Waals surface area (Å²) in [6, 6.07) is 0. The van der Waals surface area contributed by atoms with Crippen LogP contribution in [0.25, 0.3) is 0 Å². The van der Waals surface area contributed by atoms with Crippen molar-refractivity contribution < 1.29 is 27.2 Å². The van der Waals surface area contributed by atoms with E-state index in [-0.39, 0.29) is 26.4 Å². The molecule has 0 aromatic rings. The zero-order valence-corrected chi connectivity index (χ0v) is 10.5. The topological polar surface area (TPSA) is 71.1 Å². The maximum atomic E-state index is 11.4. The summed E-state index contributed by atoms with van der Waals surface area (Å²) in [5.74, 6) is 0. The molecule has 2 rings (SSSR count). The first-order chi connectivity index (χ1) is 6.83. The average Bonchev–Trinajstić information content (AvgIpc) is 2.15. The maximum Gasteiger partial charge on any atom is 0.327 e. The summed E-state index contributed by atoms with van der Waals surface area (Å²) in [6.07, 6.45) is 0. The Balaban J connectivity index is 2.01. The fourth-order valence-electron chi connectivity index (χ4n) is 1.34. The SMILES string of the molecule is CP1(=O)OCC2(CO1)COP(C)(=O)OC2. The highest BCUT2D eigenvalue weighted by Gasteiger charge is 2.45. The van der Waals surface area contributed by atoms with Crippen molar-refractivity contribution in [2.24, 2.45) is 5.41 Å². The van der Waals surface area contributed by atoms with Crippen molar-refractivity contribution in [3.05, 3.63) is 0 Å². The van der Waals surface area contributed by atoms with E-state index >= 15 is 0 Å². The first kappa shape index (κ1) is 11.8. The van der Waals surface area contributed by atoms with Gasteiger partial charge in [0.25, 0.3) is 0 Å². The fraction of sp³-hybridized carbons (Fsp3) is 1.00. The van der Waals surface area contributed by atoms with Crippen molar-refractivity contribution >= 4 is 15.2 Å². The van der Waals surface area contributed by atoms with Crippen molar-refractivity contribution in [3.8, 4) is 0 Å². The fourth-order valence-corrected chi connectivity index (χ4v) is 3.52. The molecule has 2 aliphatic rings. The van der Waals surface area contributed by atoms with Crippen LogP contribution in [-0.4, -0.2) is 39.8 Å². The molecule has 2 aliphatic heterocycles. The quantitative estimate of drug-likeness (QED) is 0.614. The van der Waals surface area contributed by atoms with Crippen molar-refractivity contribution in [2.45, 2.75) is 0 Å². The molecule has 0 bridgehead atoms. The Morgan fingerprint density at radius 1 is 0.800 bits per heavy atom. The Morgan fingerprint density at radius 3 is 1.33 bits per heavy atom. The molecule has 0 unspecified atom stereocenters. The molecule has 2 fully saturated rings. The molecule has 0 amide bonds. The van der Waals surface area contributed by atoms with Gasteiger partial charge in [-0.3, -0.25) is 9.13 Å². The number of hydrogen-bond donors (Lipinski definition) is 0. The summed E-state index contributed by atoms with van der Waals surface area (Å²) in [5.41, 5.74) is -0.464. The van der Waals surface area contributed by atoms with E-state index < -0.39 is 20.6 Å². The summed E-state index contributed by atoms with van der Waals surface area (Å²) < 4.78 is 43.3. The molecular weight excluding hydrogens is 242 g/mol. The molecule has 0 saturated carbocycles. The van der Waals surface area contributed by atoms with Gasteiger partial charge >= 0.3 is 15.2 Å². The van der Waals surface area contributed by atoms with Crippen molar-refractivity contribution in [2.75, 3.05) is 39.8 Å². The van der Waals surface area contributed by atoms with Gasteiger partial charge in [-0.25, -0.2) is 0 Å². The van der Waals surface area contributed by atoms with Crippen LogP contribution in [-0.2, 0) is 27.2 Å². The van der Waals surface area contributed by atoms with Gasteiger partial charge < -0.3 is 18.1 Å². The lowest BCUT2D eigenvalue weighted by Gasteiger charge is -2.41. The molecule has 8 heteroatoms. The molecule has 0 N–H and O–H groups in total. The van der Waals surface area contributed by atoms with Gasteiger partial charge in [0.2, 0.25) is 0 Å². The predicted octanol–water partition coefficient (Wildman–Crippen LogP) is 1.71. The zero-order chi connectivity index (χ0) is 11.2. The second-order valence-electron chi connectivity index (χ2n) is 4.14. The molecule has 2 saturated heterocycles. The van der Waals surface area contributed by atoms with Gasteiger partial charge in [-0.15, -0.1) is 0 Å². The lowest BCUT2D eigenvalue weighted by Crippen LogP contribution is -2.45. The van der Waals surface area contributed by atoms with E-state index in [9.17, 15) is 9.13 Å². The van der Waals surface area contributed by atoms with Gasteiger partial charge in [0.05, 0.1) is 31.8 Å². The lowest BCUT2D eigenvalue weighted by molar-refractivity contribution is -0.0666. The average molecular weight is 256 g/mol. The Bertz CT molecular complexity index is 292. The Labute approximate surface area is 88.3 Å². The zero-order valence-electron chi connectivity index (χ0n) is 8.67. The van der Waals surface area contributed by atoms with Crippen LogP contribution >= 0.6 is 15.2 Å². The third-order valence-electron chi connectivity index (χ3n) is 2.42. The monoisotopic (exact) mass is 256 g/mol. The van der Waals surface area contributed by atoms with Crippen LogP contribution in [0.4, 0.5) is 0 Å². The lowest BCUT2D eigenvalue weighted by atomic mass is 9.93. The number of rotatable bonds is 0. The van der Waals surface area contributed by atoms with E-state index in [0.717, 1.165) is 0 Å². The first-order valence-corrected chi connectivity index (χ1v) is 8.54. The molecule has 0 aromatic carbocycles. The minimum absolute atomic E-state index is 0.251. The Hall–Kier alpha value is 0.300. The molecule has 6 nitrogen and oxygen atoms in total. The van der Waals surface area contributed by atoms with E-state index in [4.69, 9.17) is 18.1 Å². The second kappa shape index (κ2) is 3.66. The minimum atomic E-state index is -2.89. The first-order valence-electron chi connectivity index (χ1n) is 4.56. The van der Waals surface area contributed by atoms with Crippen LogP contribution in [0.15, 0.2) is 0 Å².